The summed E-state index contributed by atoms with van der Waals surface area (Å²) in [6.45, 7) is 6.09. The molecule has 1 fully saturated rings. The minimum absolute atomic E-state index is 0.334. The van der Waals surface area contributed by atoms with Gasteiger partial charge in [0.1, 0.15) is 0 Å². The summed E-state index contributed by atoms with van der Waals surface area (Å²) >= 11 is 0. The maximum absolute atomic E-state index is 9.68. The molecular weight excluding hydrogens is 226 g/mol. The maximum atomic E-state index is 9.68. The Morgan fingerprint density at radius 2 is 2.06 bits per heavy atom. The van der Waals surface area contributed by atoms with Gasteiger partial charge in [-0.05, 0) is 19.4 Å². The van der Waals surface area contributed by atoms with Crippen molar-refractivity contribution in [2.75, 3.05) is 19.6 Å². The fourth-order valence-corrected chi connectivity index (χ4v) is 2.31. The van der Waals surface area contributed by atoms with Gasteiger partial charge in [-0.25, -0.2) is 5.43 Å². The fraction of sp³-hybridized carbons (Fsp3) is 0.571. The molecule has 1 aliphatic heterocycles. The Morgan fingerprint density at radius 3 is 2.72 bits per heavy atom. The lowest BCUT2D eigenvalue weighted by Gasteiger charge is -2.22. The molecule has 1 heterocycles. The van der Waals surface area contributed by atoms with Crippen LogP contribution in [0.15, 0.2) is 30.3 Å². The number of hydrogen-bond acceptors (Lipinski definition) is 4. The zero-order valence-corrected chi connectivity index (χ0v) is 11.1. The van der Waals surface area contributed by atoms with Crippen LogP contribution in [0.4, 0.5) is 0 Å². The first-order chi connectivity index (χ1) is 8.56. The van der Waals surface area contributed by atoms with Crippen LogP contribution in [0, 0.1) is 5.92 Å². The summed E-state index contributed by atoms with van der Waals surface area (Å²) in [5, 5.41) is 13.0. The van der Waals surface area contributed by atoms with E-state index in [1.165, 1.54) is 5.56 Å². The predicted octanol–water partition coefficient (Wildman–Crippen LogP) is 0.812. The van der Waals surface area contributed by atoms with E-state index in [-0.39, 0.29) is 0 Å². The van der Waals surface area contributed by atoms with E-state index in [1.54, 1.807) is 0 Å². The molecule has 4 nitrogen and oxygen atoms in total. The molecule has 2 rings (SSSR count). The van der Waals surface area contributed by atoms with Gasteiger partial charge in [0, 0.05) is 25.6 Å². The number of rotatable bonds is 5. The van der Waals surface area contributed by atoms with Crippen LogP contribution in [-0.4, -0.2) is 30.3 Å². The summed E-state index contributed by atoms with van der Waals surface area (Å²) in [5.74, 6) is 0.495. The van der Waals surface area contributed by atoms with Gasteiger partial charge in [0.25, 0.3) is 0 Å². The minimum atomic E-state index is -0.651. The third-order valence-corrected chi connectivity index (χ3v) is 3.22. The van der Waals surface area contributed by atoms with Gasteiger partial charge in [-0.1, -0.05) is 30.3 Å². The van der Waals surface area contributed by atoms with Gasteiger partial charge in [-0.2, -0.15) is 0 Å². The van der Waals surface area contributed by atoms with Crippen LogP contribution in [0.5, 0.6) is 0 Å². The maximum Gasteiger partial charge on any atom is 0.0715 e. The van der Waals surface area contributed by atoms with Gasteiger partial charge < -0.3 is 10.4 Å². The van der Waals surface area contributed by atoms with Gasteiger partial charge >= 0.3 is 0 Å². The Bertz CT molecular complexity index is 361. The normalized spacial score (nSPS) is 24.4. The lowest BCUT2D eigenvalue weighted by molar-refractivity contribution is 0.0787. The molecule has 4 heteroatoms. The van der Waals surface area contributed by atoms with Crippen molar-refractivity contribution in [2.45, 2.75) is 25.5 Å². The molecule has 1 saturated heterocycles. The summed E-state index contributed by atoms with van der Waals surface area (Å²) in [4.78, 5) is 0. The molecular formula is C14H23N3O. The number of hydrazine groups is 1. The number of aliphatic hydroxyl groups is 1. The second-order valence-corrected chi connectivity index (χ2v) is 5.62. The van der Waals surface area contributed by atoms with Crippen molar-refractivity contribution in [1.29, 1.82) is 0 Å². The van der Waals surface area contributed by atoms with Crippen LogP contribution in [0.3, 0.4) is 0 Å². The Morgan fingerprint density at radius 1 is 1.33 bits per heavy atom. The molecule has 2 atom stereocenters. The van der Waals surface area contributed by atoms with Crippen LogP contribution in [0.25, 0.3) is 0 Å². The summed E-state index contributed by atoms with van der Waals surface area (Å²) in [6.07, 6.45) is 0. The van der Waals surface area contributed by atoms with E-state index in [0.29, 0.717) is 18.5 Å². The molecule has 2 unspecified atom stereocenters. The minimum Gasteiger partial charge on any atom is -0.389 e. The van der Waals surface area contributed by atoms with Gasteiger partial charge in [0.15, 0.2) is 0 Å². The highest BCUT2D eigenvalue weighted by Gasteiger charge is 2.28. The van der Waals surface area contributed by atoms with Gasteiger partial charge in [-0.3, -0.25) is 5.43 Å². The number of hydrogen-bond donors (Lipinski definition) is 4. The zero-order valence-electron chi connectivity index (χ0n) is 11.1. The third kappa shape index (κ3) is 3.78. The van der Waals surface area contributed by atoms with Crippen LogP contribution in [0.1, 0.15) is 25.5 Å². The molecule has 0 aromatic heterocycles. The number of nitrogens with one attached hydrogen (secondary N) is 3. The van der Waals surface area contributed by atoms with E-state index in [1.807, 2.05) is 19.9 Å². The SMILES string of the molecule is CC(C)(O)CNCC1CNNC1c1ccccc1. The van der Waals surface area contributed by atoms with E-state index in [9.17, 15) is 5.11 Å². The van der Waals surface area contributed by atoms with E-state index < -0.39 is 5.60 Å². The summed E-state index contributed by atoms with van der Waals surface area (Å²) < 4.78 is 0. The van der Waals surface area contributed by atoms with Crippen LogP contribution in [0.2, 0.25) is 0 Å². The van der Waals surface area contributed by atoms with Crippen LogP contribution in [-0.2, 0) is 0 Å². The smallest absolute Gasteiger partial charge is 0.0715 e. The van der Waals surface area contributed by atoms with E-state index in [2.05, 4.69) is 40.4 Å². The van der Waals surface area contributed by atoms with Gasteiger partial charge in [0.2, 0.25) is 0 Å². The van der Waals surface area contributed by atoms with Crippen molar-refractivity contribution in [3.63, 3.8) is 0 Å². The quantitative estimate of drug-likeness (QED) is 0.624. The Labute approximate surface area is 109 Å². The van der Waals surface area contributed by atoms with Crippen LogP contribution < -0.4 is 16.2 Å². The highest BCUT2D eigenvalue weighted by atomic mass is 16.3. The number of benzene rings is 1. The first kappa shape index (κ1) is 13.5. The molecule has 18 heavy (non-hydrogen) atoms. The standard InChI is InChI=1S/C14H23N3O/c1-14(2,18)10-15-8-12-9-16-17-13(12)11-6-4-3-5-7-11/h3-7,12-13,15-18H,8-10H2,1-2H3. The van der Waals surface area contributed by atoms with E-state index in [4.69, 9.17) is 0 Å². The molecule has 4 N–H and O–H groups in total. The monoisotopic (exact) mass is 249 g/mol. The average Bonchev–Trinajstić information content (AvgIpc) is 2.77. The highest BCUT2D eigenvalue weighted by molar-refractivity contribution is 5.20. The summed E-state index contributed by atoms with van der Waals surface area (Å²) in [5.41, 5.74) is 7.19. The van der Waals surface area contributed by atoms with Crippen molar-refractivity contribution in [1.82, 2.24) is 16.2 Å². The fourth-order valence-electron chi connectivity index (χ4n) is 2.31. The molecule has 0 spiro atoms. The average molecular weight is 249 g/mol. The summed E-state index contributed by atoms with van der Waals surface area (Å²) in [6, 6.07) is 10.8. The van der Waals surface area contributed by atoms with Crippen molar-refractivity contribution >= 4 is 0 Å². The zero-order chi connectivity index (χ0) is 13.0. The topological polar surface area (TPSA) is 56.3 Å². The molecule has 1 aliphatic rings. The first-order valence-corrected chi connectivity index (χ1v) is 6.53. The molecule has 100 valence electrons. The Kier molecular flexibility index (Phi) is 4.35. The van der Waals surface area contributed by atoms with Crippen LogP contribution >= 0.6 is 0 Å². The lowest BCUT2D eigenvalue weighted by Crippen LogP contribution is -2.38. The molecule has 0 amide bonds. The second kappa shape index (κ2) is 5.80. The lowest BCUT2D eigenvalue weighted by atomic mass is 9.95. The van der Waals surface area contributed by atoms with Gasteiger partial charge in [-0.15, -0.1) is 0 Å². The van der Waals surface area contributed by atoms with Crippen molar-refractivity contribution in [3.8, 4) is 0 Å². The molecule has 0 bridgehead atoms. The van der Waals surface area contributed by atoms with Crippen molar-refractivity contribution < 1.29 is 5.11 Å². The molecule has 0 aliphatic carbocycles. The third-order valence-electron chi connectivity index (χ3n) is 3.22. The summed E-state index contributed by atoms with van der Waals surface area (Å²) in [7, 11) is 0. The van der Waals surface area contributed by atoms with Crippen molar-refractivity contribution in [2.24, 2.45) is 5.92 Å². The molecule has 0 saturated carbocycles. The second-order valence-electron chi connectivity index (χ2n) is 5.62. The Hall–Kier alpha value is -0.940. The van der Waals surface area contributed by atoms with Crippen molar-refractivity contribution in [3.05, 3.63) is 35.9 Å². The molecule has 1 aromatic carbocycles. The predicted molar refractivity (Wildman–Crippen MR) is 73.0 cm³/mol. The molecule has 1 aromatic rings. The first-order valence-electron chi connectivity index (χ1n) is 6.53. The van der Waals surface area contributed by atoms with E-state index >= 15 is 0 Å². The van der Waals surface area contributed by atoms with Gasteiger partial charge in [0.05, 0.1) is 11.6 Å². The largest absolute Gasteiger partial charge is 0.389 e. The molecule has 0 radical (unpaired) electrons. The highest BCUT2D eigenvalue weighted by Crippen LogP contribution is 2.23. The Balaban J connectivity index is 1.88. The van der Waals surface area contributed by atoms with E-state index in [0.717, 1.165) is 13.1 Å².